The Balaban J connectivity index is 1.61. The Morgan fingerprint density at radius 2 is 1.90 bits per heavy atom. The van der Waals surface area contributed by atoms with E-state index in [0.717, 1.165) is 17.7 Å². The summed E-state index contributed by atoms with van der Waals surface area (Å²) in [5.41, 5.74) is 1.01. The highest BCUT2D eigenvalue weighted by Crippen LogP contribution is 2.37. The average molecular weight is 290 g/mol. The minimum absolute atomic E-state index is 0.0602. The van der Waals surface area contributed by atoms with Crippen molar-refractivity contribution in [1.82, 2.24) is 10.6 Å². The summed E-state index contributed by atoms with van der Waals surface area (Å²) in [6.45, 7) is 2.94. The van der Waals surface area contributed by atoms with Gasteiger partial charge in [-0.15, -0.1) is 0 Å². The molecule has 0 bridgehead atoms. The van der Waals surface area contributed by atoms with Gasteiger partial charge in [0.15, 0.2) is 0 Å². The molecule has 2 atom stereocenters. The van der Waals surface area contributed by atoms with Crippen LogP contribution < -0.4 is 15.4 Å². The molecule has 2 N–H and O–H groups in total. The predicted molar refractivity (Wildman–Crippen MR) is 79.7 cm³/mol. The highest BCUT2D eigenvalue weighted by Gasteiger charge is 2.38. The monoisotopic (exact) mass is 290 g/mol. The lowest BCUT2D eigenvalue weighted by Crippen LogP contribution is -2.31. The maximum absolute atomic E-state index is 11.7. The van der Waals surface area contributed by atoms with Gasteiger partial charge in [0.25, 0.3) is 0 Å². The first kappa shape index (κ1) is 15.4. The van der Waals surface area contributed by atoms with Crippen LogP contribution in [-0.2, 0) is 16.1 Å². The van der Waals surface area contributed by atoms with Gasteiger partial charge in [-0.25, -0.2) is 0 Å². The summed E-state index contributed by atoms with van der Waals surface area (Å²) in [5, 5.41) is 5.64. The van der Waals surface area contributed by atoms with Crippen LogP contribution in [0.25, 0.3) is 0 Å². The Kier molecular flexibility index (Phi) is 5.20. The normalized spacial score (nSPS) is 19.7. The van der Waals surface area contributed by atoms with E-state index in [-0.39, 0.29) is 17.7 Å². The van der Waals surface area contributed by atoms with E-state index in [2.05, 4.69) is 17.6 Å². The van der Waals surface area contributed by atoms with Crippen molar-refractivity contribution in [2.75, 3.05) is 13.7 Å². The molecule has 2 rings (SSSR count). The maximum atomic E-state index is 11.7. The van der Waals surface area contributed by atoms with E-state index < -0.39 is 0 Å². The molecule has 0 heterocycles. The van der Waals surface area contributed by atoms with Gasteiger partial charge in [0, 0.05) is 25.4 Å². The van der Waals surface area contributed by atoms with Crippen LogP contribution in [0, 0.1) is 11.8 Å². The first-order chi connectivity index (χ1) is 10.1. The highest BCUT2D eigenvalue weighted by atomic mass is 16.5. The topological polar surface area (TPSA) is 67.4 Å². The lowest BCUT2D eigenvalue weighted by atomic mass is 10.2. The predicted octanol–water partition coefficient (Wildman–Crippen LogP) is 1.47. The standard InChI is InChI=1S/C16H22N2O3/c1-11-9-14(11)16(20)17-8-7-15(19)18-10-12-3-5-13(21-2)6-4-12/h3-6,11,14H,7-10H2,1-2H3,(H,17,20)(H,18,19)/t11-,14+/m1/s1. The van der Waals surface area contributed by atoms with E-state index >= 15 is 0 Å². The second-order valence-corrected chi connectivity index (χ2v) is 5.49. The second-order valence-electron chi connectivity index (χ2n) is 5.49. The zero-order valence-electron chi connectivity index (χ0n) is 12.5. The summed E-state index contributed by atoms with van der Waals surface area (Å²) >= 11 is 0. The Morgan fingerprint density at radius 3 is 2.48 bits per heavy atom. The molecule has 5 heteroatoms. The Hall–Kier alpha value is -2.04. The van der Waals surface area contributed by atoms with Crippen LogP contribution in [0.5, 0.6) is 5.75 Å². The number of hydrogen-bond donors (Lipinski definition) is 2. The van der Waals surface area contributed by atoms with Gasteiger partial charge in [0.05, 0.1) is 7.11 Å². The molecule has 114 valence electrons. The molecule has 1 aromatic carbocycles. The number of hydrogen-bond acceptors (Lipinski definition) is 3. The summed E-state index contributed by atoms with van der Waals surface area (Å²) in [4.78, 5) is 23.3. The fourth-order valence-electron chi connectivity index (χ4n) is 2.15. The van der Waals surface area contributed by atoms with Gasteiger partial charge in [-0.1, -0.05) is 19.1 Å². The van der Waals surface area contributed by atoms with Crippen molar-refractivity contribution >= 4 is 11.8 Å². The van der Waals surface area contributed by atoms with Crippen molar-refractivity contribution in [2.24, 2.45) is 11.8 Å². The third-order valence-electron chi connectivity index (χ3n) is 3.75. The van der Waals surface area contributed by atoms with E-state index in [4.69, 9.17) is 4.74 Å². The van der Waals surface area contributed by atoms with Crippen LogP contribution >= 0.6 is 0 Å². The number of ether oxygens (including phenoxy) is 1. The van der Waals surface area contributed by atoms with E-state index in [0.29, 0.717) is 25.4 Å². The summed E-state index contributed by atoms with van der Waals surface area (Å²) in [5.74, 6) is 1.46. The number of amides is 2. The molecule has 1 aliphatic rings. The smallest absolute Gasteiger partial charge is 0.223 e. The molecule has 0 radical (unpaired) electrons. The van der Waals surface area contributed by atoms with Gasteiger partial charge in [-0.05, 0) is 30.0 Å². The molecule has 0 aromatic heterocycles. The van der Waals surface area contributed by atoms with E-state index in [1.165, 1.54) is 0 Å². The Bertz CT molecular complexity index is 499. The van der Waals surface area contributed by atoms with Gasteiger partial charge >= 0.3 is 0 Å². The van der Waals surface area contributed by atoms with Gasteiger partial charge in [0.2, 0.25) is 11.8 Å². The summed E-state index contributed by atoms with van der Waals surface area (Å²) < 4.78 is 5.07. The minimum Gasteiger partial charge on any atom is -0.497 e. The van der Waals surface area contributed by atoms with E-state index in [1.54, 1.807) is 7.11 Å². The molecule has 1 fully saturated rings. The fraction of sp³-hybridized carbons (Fsp3) is 0.500. The minimum atomic E-state index is -0.0602. The quantitative estimate of drug-likeness (QED) is 0.799. The summed E-state index contributed by atoms with van der Waals surface area (Å²) in [7, 11) is 1.62. The highest BCUT2D eigenvalue weighted by molar-refractivity contribution is 5.82. The lowest BCUT2D eigenvalue weighted by Gasteiger charge is -2.07. The third-order valence-corrected chi connectivity index (χ3v) is 3.75. The van der Waals surface area contributed by atoms with Crippen LogP contribution in [0.4, 0.5) is 0 Å². The van der Waals surface area contributed by atoms with Crippen molar-refractivity contribution in [3.63, 3.8) is 0 Å². The van der Waals surface area contributed by atoms with Gasteiger partial charge in [-0.3, -0.25) is 9.59 Å². The maximum Gasteiger partial charge on any atom is 0.223 e. The fourth-order valence-corrected chi connectivity index (χ4v) is 2.15. The average Bonchev–Trinajstić information content (AvgIpc) is 3.22. The van der Waals surface area contributed by atoms with Crippen molar-refractivity contribution < 1.29 is 14.3 Å². The molecule has 21 heavy (non-hydrogen) atoms. The number of nitrogens with one attached hydrogen (secondary N) is 2. The van der Waals surface area contributed by atoms with Crippen LogP contribution in [-0.4, -0.2) is 25.5 Å². The molecule has 2 amide bonds. The van der Waals surface area contributed by atoms with Crippen LogP contribution in [0.3, 0.4) is 0 Å². The van der Waals surface area contributed by atoms with Gasteiger partial charge in [0.1, 0.15) is 5.75 Å². The molecular weight excluding hydrogens is 268 g/mol. The largest absolute Gasteiger partial charge is 0.497 e. The molecule has 0 spiro atoms. The van der Waals surface area contributed by atoms with Crippen LogP contribution in [0.15, 0.2) is 24.3 Å². The van der Waals surface area contributed by atoms with E-state index in [1.807, 2.05) is 24.3 Å². The molecule has 1 aliphatic carbocycles. The number of carbonyl (C=O) groups excluding carboxylic acids is 2. The van der Waals surface area contributed by atoms with Crippen molar-refractivity contribution in [3.05, 3.63) is 29.8 Å². The van der Waals surface area contributed by atoms with Crippen molar-refractivity contribution in [1.29, 1.82) is 0 Å². The number of benzene rings is 1. The first-order valence-electron chi connectivity index (χ1n) is 7.27. The molecule has 5 nitrogen and oxygen atoms in total. The molecule has 0 unspecified atom stereocenters. The second kappa shape index (κ2) is 7.11. The number of methoxy groups -OCH3 is 1. The molecule has 1 aromatic rings. The molecule has 0 aliphatic heterocycles. The summed E-state index contributed by atoms with van der Waals surface area (Å²) in [6, 6.07) is 7.54. The van der Waals surface area contributed by atoms with Gasteiger partial charge in [-0.2, -0.15) is 0 Å². The van der Waals surface area contributed by atoms with Crippen LogP contribution in [0.1, 0.15) is 25.3 Å². The van der Waals surface area contributed by atoms with Crippen molar-refractivity contribution in [3.8, 4) is 5.75 Å². The van der Waals surface area contributed by atoms with E-state index in [9.17, 15) is 9.59 Å². The molecule has 0 saturated heterocycles. The lowest BCUT2D eigenvalue weighted by molar-refractivity contribution is -0.123. The SMILES string of the molecule is COc1ccc(CNC(=O)CCNC(=O)[C@H]2C[C@H]2C)cc1. The third kappa shape index (κ3) is 4.77. The first-order valence-corrected chi connectivity index (χ1v) is 7.27. The van der Waals surface area contributed by atoms with Gasteiger partial charge < -0.3 is 15.4 Å². The zero-order valence-corrected chi connectivity index (χ0v) is 12.5. The number of carbonyl (C=O) groups is 2. The molecular formula is C16H22N2O3. The Labute approximate surface area is 125 Å². The Morgan fingerprint density at radius 1 is 1.24 bits per heavy atom. The number of rotatable bonds is 7. The summed E-state index contributed by atoms with van der Waals surface area (Å²) in [6.07, 6.45) is 1.28. The van der Waals surface area contributed by atoms with Crippen molar-refractivity contribution in [2.45, 2.75) is 26.3 Å². The molecule has 1 saturated carbocycles. The zero-order chi connectivity index (χ0) is 15.2. The van der Waals surface area contributed by atoms with Crippen LogP contribution in [0.2, 0.25) is 0 Å².